The molecular weight excluding hydrogens is 387 g/mol. The number of carbonyl (C=O) groups is 1. The average molecular weight is 413 g/mol. The summed E-state index contributed by atoms with van der Waals surface area (Å²) in [6, 6.07) is 5.36. The number of allylic oxidation sites excluding steroid dienone is 1. The van der Waals surface area contributed by atoms with Crippen LogP contribution in [0.3, 0.4) is 0 Å². The maximum absolute atomic E-state index is 12.7. The number of aliphatic hydroxyl groups excluding tert-OH is 1. The second-order valence-corrected chi connectivity index (χ2v) is 6.68. The van der Waals surface area contributed by atoms with E-state index in [0.717, 1.165) is 17.6 Å². The summed E-state index contributed by atoms with van der Waals surface area (Å²) in [5, 5.41) is 16.0. The highest BCUT2D eigenvalue weighted by molar-refractivity contribution is 6.45. The molecular formula is C19H26Cl2N4O2. The molecule has 0 fully saturated rings. The van der Waals surface area contributed by atoms with E-state index in [9.17, 15) is 4.79 Å². The third-order valence-electron chi connectivity index (χ3n) is 3.86. The van der Waals surface area contributed by atoms with Crippen molar-refractivity contribution in [2.45, 2.75) is 33.7 Å². The number of hydrogen-bond acceptors (Lipinski definition) is 5. The lowest BCUT2D eigenvalue weighted by molar-refractivity contribution is -0.114. The van der Waals surface area contributed by atoms with Crippen LogP contribution in [0.4, 0.5) is 0 Å². The fraction of sp³-hybridized carbons (Fsp3) is 0.368. The molecule has 0 atom stereocenters. The van der Waals surface area contributed by atoms with Crippen molar-refractivity contribution < 1.29 is 9.90 Å². The lowest BCUT2D eigenvalue weighted by atomic mass is 10.1. The Labute approximate surface area is 170 Å². The minimum atomic E-state index is -0.396. The number of benzene rings is 1. The van der Waals surface area contributed by atoms with Crippen molar-refractivity contribution in [2.75, 3.05) is 13.2 Å². The van der Waals surface area contributed by atoms with Crippen molar-refractivity contribution >= 4 is 34.8 Å². The van der Waals surface area contributed by atoms with E-state index < -0.39 is 5.91 Å². The number of rotatable bonds is 9. The maximum Gasteiger partial charge on any atom is 0.275 e. The van der Waals surface area contributed by atoms with E-state index in [-0.39, 0.29) is 18.9 Å². The molecule has 0 aliphatic heterocycles. The molecule has 27 heavy (non-hydrogen) atoms. The SMILES string of the molecule is CC/C(C)=C(/NCc1ccc(Cl)c(Cl)c1)NC(=O)C(=NCCO)C(C)=CN. The standard InChI is InChI=1S/C19H26Cl2N4O2/c1-4-12(2)18(24-11-14-5-6-15(20)16(21)9-14)25-19(27)17(13(3)10-22)23-7-8-26/h5-6,9-10,24,26H,4,7-8,11,22H2,1-3H3,(H,25,27)/b13-10?,18-12-,23-17?. The fourth-order valence-electron chi connectivity index (χ4n) is 2.11. The van der Waals surface area contributed by atoms with Gasteiger partial charge in [0, 0.05) is 6.54 Å². The predicted molar refractivity (Wildman–Crippen MR) is 112 cm³/mol. The van der Waals surface area contributed by atoms with Crippen molar-refractivity contribution in [1.29, 1.82) is 0 Å². The first-order chi connectivity index (χ1) is 12.8. The van der Waals surface area contributed by atoms with Crippen molar-refractivity contribution in [2.24, 2.45) is 10.7 Å². The van der Waals surface area contributed by atoms with Gasteiger partial charge in [-0.25, -0.2) is 0 Å². The van der Waals surface area contributed by atoms with Crippen molar-refractivity contribution in [3.05, 3.63) is 57.0 Å². The second kappa shape index (κ2) is 11.6. The van der Waals surface area contributed by atoms with Gasteiger partial charge in [-0.15, -0.1) is 0 Å². The zero-order valence-corrected chi connectivity index (χ0v) is 17.3. The van der Waals surface area contributed by atoms with Gasteiger partial charge >= 0.3 is 0 Å². The Morgan fingerprint density at radius 3 is 2.56 bits per heavy atom. The Kier molecular flexibility index (Phi) is 9.93. The lowest BCUT2D eigenvalue weighted by Gasteiger charge is -2.17. The van der Waals surface area contributed by atoms with Crippen molar-refractivity contribution in [3.8, 4) is 0 Å². The number of nitrogens with two attached hydrogens (primary N) is 1. The molecule has 0 bridgehead atoms. The summed E-state index contributed by atoms with van der Waals surface area (Å²) < 4.78 is 0. The second-order valence-electron chi connectivity index (χ2n) is 5.87. The van der Waals surface area contributed by atoms with E-state index in [4.69, 9.17) is 34.0 Å². The number of halogens is 2. The van der Waals surface area contributed by atoms with Crippen LogP contribution >= 0.6 is 23.2 Å². The minimum absolute atomic E-state index is 0.121. The summed E-state index contributed by atoms with van der Waals surface area (Å²) in [7, 11) is 0. The number of amides is 1. The maximum atomic E-state index is 12.7. The van der Waals surface area contributed by atoms with E-state index in [2.05, 4.69) is 15.6 Å². The molecule has 0 aliphatic rings. The van der Waals surface area contributed by atoms with Crippen LogP contribution < -0.4 is 16.4 Å². The van der Waals surface area contributed by atoms with Gasteiger partial charge in [-0.3, -0.25) is 9.79 Å². The number of aliphatic hydroxyl groups is 1. The van der Waals surface area contributed by atoms with Gasteiger partial charge in [0.2, 0.25) is 0 Å². The highest BCUT2D eigenvalue weighted by Gasteiger charge is 2.16. The van der Waals surface area contributed by atoms with Gasteiger partial charge in [-0.1, -0.05) is 36.2 Å². The van der Waals surface area contributed by atoms with Crippen LogP contribution in [-0.2, 0) is 11.3 Å². The summed E-state index contributed by atoms with van der Waals surface area (Å²) in [6.07, 6.45) is 2.06. The highest BCUT2D eigenvalue weighted by Crippen LogP contribution is 2.22. The third-order valence-corrected chi connectivity index (χ3v) is 4.60. The molecule has 148 valence electrons. The molecule has 8 heteroatoms. The first-order valence-corrected chi connectivity index (χ1v) is 9.32. The lowest BCUT2D eigenvalue weighted by Crippen LogP contribution is -2.37. The number of nitrogens with one attached hydrogen (secondary N) is 2. The van der Waals surface area contributed by atoms with Crippen LogP contribution in [0.25, 0.3) is 0 Å². The van der Waals surface area contributed by atoms with Gasteiger partial charge in [-0.05, 0) is 55.3 Å². The minimum Gasteiger partial charge on any atom is -0.404 e. The molecule has 1 amide bonds. The summed E-state index contributed by atoms with van der Waals surface area (Å²) >= 11 is 12.0. The van der Waals surface area contributed by atoms with Crippen LogP contribution in [0.1, 0.15) is 32.8 Å². The predicted octanol–water partition coefficient (Wildman–Crippen LogP) is 3.14. The molecule has 1 aromatic carbocycles. The Morgan fingerprint density at radius 2 is 2.00 bits per heavy atom. The van der Waals surface area contributed by atoms with E-state index in [1.54, 1.807) is 19.1 Å². The zero-order chi connectivity index (χ0) is 20.4. The summed E-state index contributed by atoms with van der Waals surface area (Å²) in [5.41, 5.74) is 8.13. The van der Waals surface area contributed by atoms with E-state index in [1.165, 1.54) is 6.20 Å². The molecule has 0 unspecified atom stereocenters. The van der Waals surface area contributed by atoms with Gasteiger partial charge in [0.1, 0.15) is 11.5 Å². The Bertz CT molecular complexity index is 758. The average Bonchev–Trinajstić information content (AvgIpc) is 2.66. The smallest absolute Gasteiger partial charge is 0.275 e. The molecule has 0 heterocycles. The Balaban J connectivity index is 2.97. The summed E-state index contributed by atoms with van der Waals surface area (Å²) in [4.78, 5) is 16.8. The van der Waals surface area contributed by atoms with Crippen LogP contribution in [0.15, 0.2) is 46.4 Å². The number of aliphatic imine (C=N–C) groups is 1. The van der Waals surface area contributed by atoms with Crippen molar-refractivity contribution in [1.82, 2.24) is 10.6 Å². The third kappa shape index (κ3) is 7.25. The van der Waals surface area contributed by atoms with Crippen LogP contribution in [0, 0.1) is 0 Å². The van der Waals surface area contributed by atoms with E-state index in [0.29, 0.717) is 28.0 Å². The first-order valence-electron chi connectivity index (χ1n) is 8.57. The number of nitrogens with zero attached hydrogens (tertiary/aromatic N) is 1. The molecule has 1 aromatic rings. The molecule has 0 saturated carbocycles. The molecule has 0 aliphatic carbocycles. The first kappa shape index (κ1) is 23.0. The molecule has 6 nitrogen and oxygen atoms in total. The molecule has 1 rings (SSSR count). The number of carbonyl (C=O) groups excluding carboxylic acids is 1. The monoisotopic (exact) mass is 412 g/mol. The number of hydrogen-bond donors (Lipinski definition) is 4. The van der Waals surface area contributed by atoms with Crippen molar-refractivity contribution in [3.63, 3.8) is 0 Å². The Morgan fingerprint density at radius 1 is 1.30 bits per heavy atom. The van der Waals surface area contributed by atoms with E-state index in [1.807, 2.05) is 19.9 Å². The molecule has 5 N–H and O–H groups in total. The largest absolute Gasteiger partial charge is 0.404 e. The highest BCUT2D eigenvalue weighted by atomic mass is 35.5. The zero-order valence-electron chi connectivity index (χ0n) is 15.8. The summed E-state index contributed by atoms with van der Waals surface area (Å²) in [6.45, 7) is 6.03. The molecule has 0 aromatic heterocycles. The quantitative estimate of drug-likeness (QED) is 0.468. The van der Waals surface area contributed by atoms with E-state index >= 15 is 0 Å². The van der Waals surface area contributed by atoms with Gasteiger partial charge in [0.15, 0.2) is 0 Å². The topological polar surface area (TPSA) is 99.7 Å². The van der Waals surface area contributed by atoms with Gasteiger partial charge in [-0.2, -0.15) is 0 Å². The Hall–Kier alpha value is -2.02. The van der Waals surface area contributed by atoms with Crippen LogP contribution in [0.2, 0.25) is 10.0 Å². The molecule has 0 spiro atoms. The van der Waals surface area contributed by atoms with Crippen LogP contribution in [-0.4, -0.2) is 29.9 Å². The van der Waals surface area contributed by atoms with Gasteiger partial charge < -0.3 is 21.5 Å². The molecule has 0 saturated heterocycles. The molecule has 0 radical (unpaired) electrons. The summed E-state index contributed by atoms with van der Waals surface area (Å²) in [5.74, 6) is 0.196. The van der Waals surface area contributed by atoms with Crippen LogP contribution in [0.5, 0.6) is 0 Å². The van der Waals surface area contributed by atoms with Gasteiger partial charge in [0.05, 0.1) is 23.2 Å². The van der Waals surface area contributed by atoms with Gasteiger partial charge in [0.25, 0.3) is 5.91 Å². The normalized spacial score (nSPS) is 13.3. The fourth-order valence-corrected chi connectivity index (χ4v) is 2.43.